The second kappa shape index (κ2) is 3.61. The summed E-state index contributed by atoms with van der Waals surface area (Å²) in [5.74, 6) is -0.0692. The smallest absolute Gasteiger partial charge is 0.244 e. The second-order valence-electron chi connectivity index (χ2n) is 7.07. The number of nitrogens with zero attached hydrogens (tertiary/aromatic N) is 1. The van der Waals surface area contributed by atoms with Gasteiger partial charge in [-0.1, -0.05) is 32.0 Å². The fourth-order valence-corrected chi connectivity index (χ4v) is 3.40. The van der Waals surface area contributed by atoms with Crippen LogP contribution in [0.2, 0.25) is 0 Å². The third-order valence-electron chi connectivity index (χ3n) is 5.08. The van der Waals surface area contributed by atoms with Crippen molar-refractivity contribution in [1.82, 2.24) is 10.2 Å². The first-order chi connectivity index (χ1) is 9.45. The zero-order valence-electron chi connectivity index (χ0n) is 11.8. The Hall–Kier alpha value is -1.42. The number of hydrogen-bond acceptors (Lipinski definition) is 2. The number of amides is 1. The van der Waals surface area contributed by atoms with Crippen molar-refractivity contribution in [2.75, 3.05) is 0 Å². The molecule has 1 spiro atoms. The fourth-order valence-electron chi connectivity index (χ4n) is 3.40. The molecule has 2 unspecified atom stereocenters. The van der Waals surface area contributed by atoms with Crippen molar-refractivity contribution in [3.05, 3.63) is 35.6 Å². The van der Waals surface area contributed by atoms with Crippen LogP contribution in [0.5, 0.6) is 0 Å². The summed E-state index contributed by atoms with van der Waals surface area (Å²) in [5, 5.41) is 3.39. The predicted molar refractivity (Wildman–Crippen MR) is 73.3 cm³/mol. The van der Waals surface area contributed by atoms with Crippen LogP contribution in [-0.4, -0.2) is 22.4 Å². The summed E-state index contributed by atoms with van der Waals surface area (Å²) in [6.07, 6.45) is 2.44. The average molecular weight is 274 g/mol. The normalized spacial score (nSPS) is 32.8. The first-order valence-electron chi connectivity index (χ1n) is 7.30. The molecule has 1 aromatic rings. The molecule has 3 fully saturated rings. The average Bonchev–Trinajstić information content (AvgIpc) is 3.26. The van der Waals surface area contributed by atoms with E-state index in [2.05, 4.69) is 19.2 Å². The van der Waals surface area contributed by atoms with Gasteiger partial charge in [-0.3, -0.25) is 10.1 Å². The fraction of sp³-hybridized carbons (Fsp3) is 0.562. The number of hydrogen-bond donors (Lipinski definition) is 1. The van der Waals surface area contributed by atoms with Crippen LogP contribution >= 0.6 is 0 Å². The minimum absolute atomic E-state index is 0.154. The monoisotopic (exact) mass is 274 g/mol. The molecule has 4 heteroatoms. The molecule has 2 saturated carbocycles. The molecule has 0 bridgehead atoms. The Bertz CT molecular complexity index is 594. The van der Waals surface area contributed by atoms with Crippen LogP contribution in [0.15, 0.2) is 24.3 Å². The molecule has 4 rings (SSSR count). The molecule has 1 N–H and O–H groups in total. The van der Waals surface area contributed by atoms with Crippen LogP contribution in [0.3, 0.4) is 0 Å². The lowest BCUT2D eigenvalue weighted by Gasteiger charge is -2.26. The Kier molecular flexibility index (Phi) is 2.23. The van der Waals surface area contributed by atoms with Gasteiger partial charge in [0.15, 0.2) is 0 Å². The third kappa shape index (κ3) is 1.57. The Balaban J connectivity index is 1.74. The third-order valence-corrected chi connectivity index (χ3v) is 5.08. The van der Waals surface area contributed by atoms with Gasteiger partial charge >= 0.3 is 0 Å². The number of benzene rings is 1. The predicted octanol–water partition coefficient (Wildman–Crippen LogP) is 2.59. The molecule has 3 nitrogen and oxygen atoms in total. The van der Waals surface area contributed by atoms with Gasteiger partial charge in [0.25, 0.3) is 0 Å². The maximum atomic E-state index is 14.1. The SMILES string of the molecule is CC1(C)CC1N1C(=O)C2(CC2)NC1c1ccccc1F. The largest absolute Gasteiger partial charge is 0.318 e. The van der Waals surface area contributed by atoms with Gasteiger partial charge in [-0.15, -0.1) is 0 Å². The number of rotatable bonds is 2. The van der Waals surface area contributed by atoms with E-state index in [0.717, 1.165) is 19.3 Å². The minimum atomic E-state index is -0.397. The first kappa shape index (κ1) is 12.3. The van der Waals surface area contributed by atoms with Gasteiger partial charge in [-0.25, -0.2) is 4.39 Å². The lowest BCUT2D eigenvalue weighted by atomic mass is 10.1. The molecule has 2 atom stereocenters. The zero-order chi connectivity index (χ0) is 14.1. The molecule has 3 aliphatic rings. The molecule has 1 heterocycles. The molecule has 1 aliphatic heterocycles. The minimum Gasteiger partial charge on any atom is -0.318 e. The van der Waals surface area contributed by atoms with Gasteiger partial charge < -0.3 is 4.90 Å². The van der Waals surface area contributed by atoms with Crippen molar-refractivity contribution in [3.63, 3.8) is 0 Å². The number of carbonyl (C=O) groups excluding carboxylic acids is 1. The van der Waals surface area contributed by atoms with E-state index in [9.17, 15) is 9.18 Å². The molecule has 20 heavy (non-hydrogen) atoms. The second-order valence-corrected chi connectivity index (χ2v) is 7.07. The van der Waals surface area contributed by atoms with Crippen molar-refractivity contribution in [2.45, 2.75) is 50.9 Å². The van der Waals surface area contributed by atoms with E-state index in [1.165, 1.54) is 6.07 Å². The number of nitrogens with one attached hydrogen (secondary N) is 1. The maximum Gasteiger partial charge on any atom is 0.244 e. The zero-order valence-corrected chi connectivity index (χ0v) is 11.8. The van der Waals surface area contributed by atoms with Gasteiger partial charge in [0, 0.05) is 11.6 Å². The number of halogens is 1. The van der Waals surface area contributed by atoms with Gasteiger partial charge in [0.05, 0.1) is 0 Å². The molecule has 106 valence electrons. The maximum absolute atomic E-state index is 14.1. The molecule has 2 aliphatic carbocycles. The van der Waals surface area contributed by atoms with Crippen molar-refractivity contribution in [2.24, 2.45) is 5.41 Å². The Morgan fingerprint density at radius 3 is 2.50 bits per heavy atom. The van der Waals surface area contributed by atoms with Gasteiger partial charge in [0.1, 0.15) is 17.5 Å². The van der Waals surface area contributed by atoms with Gasteiger partial charge in [0.2, 0.25) is 5.91 Å². The topological polar surface area (TPSA) is 32.3 Å². The van der Waals surface area contributed by atoms with E-state index in [-0.39, 0.29) is 29.3 Å². The van der Waals surface area contributed by atoms with E-state index >= 15 is 0 Å². The number of carbonyl (C=O) groups is 1. The van der Waals surface area contributed by atoms with Crippen LogP contribution in [0.25, 0.3) is 0 Å². The lowest BCUT2D eigenvalue weighted by molar-refractivity contribution is -0.131. The highest BCUT2D eigenvalue weighted by atomic mass is 19.1. The van der Waals surface area contributed by atoms with Crippen molar-refractivity contribution < 1.29 is 9.18 Å². The Labute approximate surface area is 118 Å². The summed E-state index contributed by atoms with van der Waals surface area (Å²) in [6.45, 7) is 4.34. The van der Waals surface area contributed by atoms with E-state index in [0.29, 0.717) is 5.56 Å². The molecular formula is C16H19FN2O. The highest BCUT2D eigenvalue weighted by Crippen LogP contribution is 2.56. The summed E-state index contributed by atoms with van der Waals surface area (Å²) < 4.78 is 14.1. The van der Waals surface area contributed by atoms with Gasteiger partial charge in [-0.05, 0) is 30.7 Å². The molecule has 1 saturated heterocycles. The molecule has 1 amide bonds. The van der Waals surface area contributed by atoms with Crippen LogP contribution in [-0.2, 0) is 4.79 Å². The Morgan fingerprint density at radius 1 is 1.30 bits per heavy atom. The summed E-state index contributed by atoms with van der Waals surface area (Å²) in [5.41, 5.74) is 0.347. The first-order valence-corrected chi connectivity index (χ1v) is 7.30. The van der Waals surface area contributed by atoms with Crippen molar-refractivity contribution >= 4 is 5.91 Å². The summed E-state index contributed by atoms with van der Waals surface area (Å²) in [6, 6.07) is 7.00. The van der Waals surface area contributed by atoms with E-state index in [1.807, 2.05) is 11.0 Å². The Morgan fingerprint density at radius 2 is 1.95 bits per heavy atom. The van der Waals surface area contributed by atoms with Crippen molar-refractivity contribution in [1.29, 1.82) is 0 Å². The molecule has 1 aromatic carbocycles. The summed E-state index contributed by atoms with van der Waals surface area (Å²) in [7, 11) is 0. The summed E-state index contributed by atoms with van der Waals surface area (Å²) >= 11 is 0. The van der Waals surface area contributed by atoms with Crippen molar-refractivity contribution in [3.8, 4) is 0 Å². The molecule has 0 radical (unpaired) electrons. The standard InChI is InChI=1S/C16H19FN2O/c1-15(2)9-12(15)19-13(10-5-3-4-6-11(10)17)18-16(7-8-16)14(19)20/h3-6,12-13,18H,7-9H2,1-2H3. The van der Waals surface area contributed by atoms with Crippen LogP contribution in [0.4, 0.5) is 4.39 Å². The van der Waals surface area contributed by atoms with Crippen LogP contribution in [0.1, 0.15) is 44.8 Å². The quantitative estimate of drug-likeness (QED) is 0.899. The lowest BCUT2D eigenvalue weighted by Crippen LogP contribution is -2.36. The molecule has 0 aromatic heterocycles. The van der Waals surface area contributed by atoms with E-state index in [1.54, 1.807) is 12.1 Å². The summed E-state index contributed by atoms with van der Waals surface area (Å²) in [4.78, 5) is 14.6. The van der Waals surface area contributed by atoms with Gasteiger partial charge in [-0.2, -0.15) is 0 Å². The van der Waals surface area contributed by atoms with E-state index < -0.39 is 5.54 Å². The van der Waals surface area contributed by atoms with Crippen LogP contribution < -0.4 is 5.32 Å². The molecular weight excluding hydrogens is 255 g/mol. The van der Waals surface area contributed by atoms with E-state index in [4.69, 9.17) is 0 Å². The highest BCUT2D eigenvalue weighted by molar-refractivity contribution is 5.92. The highest BCUT2D eigenvalue weighted by Gasteiger charge is 2.65. The van der Waals surface area contributed by atoms with Crippen LogP contribution in [0, 0.1) is 11.2 Å².